The number of β-amino-alcohol motifs (C(OH)–C–C–N with tert-alkyl or cyclic N) is 2. The fourth-order valence-corrected chi connectivity index (χ4v) is 2.56. The van der Waals surface area contributed by atoms with Crippen LogP contribution >= 0.6 is 0 Å². The van der Waals surface area contributed by atoms with E-state index in [4.69, 9.17) is 0 Å². The summed E-state index contributed by atoms with van der Waals surface area (Å²) in [5.41, 5.74) is 0. The average Bonchev–Trinajstić information content (AvgIpc) is 2.25. The predicted molar refractivity (Wildman–Crippen MR) is 78.1 cm³/mol. The van der Waals surface area contributed by atoms with Gasteiger partial charge in [0.05, 0.1) is 18.9 Å². The first-order valence-electron chi connectivity index (χ1n) is 7.43. The number of hydrogen-bond donors (Lipinski definition) is 2. The predicted octanol–water partition coefficient (Wildman–Crippen LogP) is 0.0335. The van der Waals surface area contributed by atoms with Crippen molar-refractivity contribution in [3.05, 3.63) is 0 Å². The van der Waals surface area contributed by atoms with Crippen LogP contribution in [0.1, 0.15) is 27.7 Å². The zero-order chi connectivity index (χ0) is 14.4. The SMILES string of the molecule is CC(C)N1CCN(C[C@H](C)O)CCN(C[C@H](C)O)C1. The molecule has 19 heavy (non-hydrogen) atoms. The average molecular weight is 273 g/mol. The highest BCUT2D eigenvalue weighted by Crippen LogP contribution is 2.07. The van der Waals surface area contributed by atoms with Gasteiger partial charge < -0.3 is 10.2 Å². The molecule has 1 aliphatic rings. The highest BCUT2D eigenvalue weighted by molar-refractivity contribution is 4.74. The Balaban J connectivity index is 2.60. The second kappa shape index (κ2) is 8.17. The molecule has 1 fully saturated rings. The summed E-state index contributed by atoms with van der Waals surface area (Å²) in [5, 5.41) is 19.1. The molecule has 2 N–H and O–H groups in total. The summed E-state index contributed by atoms with van der Waals surface area (Å²) in [6, 6.07) is 0.503. The summed E-state index contributed by atoms with van der Waals surface area (Å²) >= 11 is 0. The van der Waals surface area contributed by atoms with E-state index in [1.807, 2.05) is 13.8 Å². The summed E-state index contributed by atoms with van der Waals surface area (Å²) in [4.78, 5) is 7.05. The molecule has 0 unspecified atom stereocenters. The van der Waals surface area contributed by atoms with Crippen LogP contribution in [0.15, 0.2) is 0 Å². The van der Waals surface area contributed by atoms with Crippen LogP contribution in [-0.2, 0) is 0 Å². The topological polar surface area (TPSA) is 50.2 Å². The molecule has 0 aliphatic carbocycles. The van der Waals surface area contributed by atoms with Crippen LogP contribution < -0.4 is 0 Å². The van der Waals surface area contributed by atoms with E-state index >= 15 is 0 Å². The largest absolute Gasteiger partial charge is 0.392 e. The zero-order valence-electron chi connectivity index (χ0n) is 12.9. The molecule has 1 heterocycles. The molecular formula is C14H31N3O2. The Bertz CT molecular complexity index is 247. The van der Waals surface area contributed by atoms with Crippen LogP contribution in [-0.4, -0.2) is 89.1 Å². The molecule has 5 nitrogen and oxygen atoms in total. The van der Waals surface area contributed by atoms with Crippen LogP contribution in [0, 0.1) is 0 Å². The van der Waals surface area contributed by atoms with Crippen molar-refractivity contribution in [3.8, 4) is 0 Å². The zero-order valence-corrected chi connectivity index (χ0v) is 12.9. The number of aliphatic hydroxyl groups excluding tert-OH is 2. The highest BCUT2D eigenvalue weighted by Gasteiger charge is 2.21. The lowest BCUT2D eigenvalue weighted by molar-refractivity contribution is 0.0239. The molecular weight excluding hydrogens is 242 g/mol. The van der Waals surface area contributed by atoms with E-state index in [-0.39, 0.29) is 12.2 Å². The Morgan fingerprint density at radius 3 is 1.79 bits per heavy atom. The van der Waals surface area contributed by atoms with E-state index in [2.05, 4.69) is 28.5 Å². The minimum Gasteiger partial charge on any atom is -0.392 e. The molecule has 114 valence electrons. The standard InChI is InChI=1S/C14H31N3O2/c1-12(2)17-8-7-15(9-13(3)18)5-6-16(11-17)10-14(4)19/h12-14,18-19H,5-11H2,1-4H3/t13-,14-/m0/s1. The maximum absolute atomic E-state index is 9.59. The van der Waals surface area contributed by atoms with Crippen LogP contribution in [0.5, 0.6) is 0 Å². The van der Waals surface area contributed by atoms with E-state index in [9.17, 15) is 10.2 Å². The third-order valence-electron chi connectivity index (χ3n) is 3.59. The van der Waals surface area contributed by atoms with Gasteiger partial charge in [-0.2, -0.15) is 0 Å². The van der Waals surface area contributed by atoms with Gasteiger partial charge in [0, 0.05) is 45.3 Å². The van der Waals surface area contributed by atoms with E-state index < -0.39 is 0 Å². The first-order valence-corrected chi connectivity index (χ1v) is 7.43. The minimum absolute atomic E-state index is 0.280. The summed E-state index contributed by atoms with van der Waals surface area (Å²) in [5.74, 6) is 0. The molecule has 1 saturated heterocycles. The van der Waals surface area contributed by atoms with Crippen LogP contribution in [0.2, 0.25) is 0 Å². The molecule has 0 aromatic carbocycles. The van der Waals surface area contributed by atoms with Crippen LogP contribution in [0.25, 0.3) is 0 Å². The lowest BCUT2D eigenvalue weighted by Gasteiger charge is -2.39. The van der Waals surface area contributed by atoms with Crippen molar-refractivity contribution in [2.75, 3.05) is 45.9 Å². The number of hydrogen-bond acceptors (Lipinski definition) is 5. The van der Waals surface area contributed by atoms with Crippen molar-refractivity contribution in [1.82, 2.24) is 14.7 Å². The summed E-state index contributed by atoms with van der Waals surface area (Å²) in [6.45, 7) is 14.4. The monoisotopic (exact) mass is 273 g/mol. The molecule has 0 saturated carbocycles. The van der Waals surface area contributed by atoms with Crippen molar-refractivity contribution in [2.45, 2.75) is 45.9 Å². The van der Waals surface area contributed by atoms with Gasteiger partial charge in [0.25, 0.3) is 0 Å². The van der Waals surface area contributed by atoms with Gasteiger partial charge in [-0.05, 0) is 27.7 Å². The van der Waals surface area contributed by atoms with Gasteiger partial charge in [0.2, 0.25) is 0 Å². The summed E-state index contributed by atoms with van der Waals surface area (Å²) < 4.78 is 0. The van der Waals surface area contributed by atoms with Crippen LogP contribution in [0.3, 0.4) is 0 Å². The Morgan fingerprint density at radius 1 is 0.789 bits per heavy atom. The Morgan fingerprint density at radius 2 is 1.26 bits per heavy atom. The van der Waals surface area contributed by atoms with E-state index in [0.717, 1.165) is 39.4 Å². The summed E-state index contributed by atoms with van der Waals surface area (Å²) in [6.07, 6.45) is -0.573. The normalized spacial score (nSPS) is 24.2. The van der Waals surface area contributed by atoms with Crippen LogP contribution in [0.4, 0.5) is 0 Å². The molecule has 0 aromatic rings. The number of aliphatic hydroxyl groups is 2. The van der Waals surface area contributed by atoms with Gasteiger partial charge in [-0.15, -0.1) is 0 Å². The Hall–Kier alpha value is -0.200. The van der Waals surface area contributed by atoms with Crippen molar-refractivity contribution >= 4 is 0 Å². The lowest BCUT2D eigenvalue weighted by Crippen LogP contribution is -2.52. The minimum atomic E-state index is -0.293. The van der Waals surface area contributed by atoms with Gasteiger partial charge >= 0.3 is 0 Å². The molecule has 1 aliphatic heterocycles. The van der Waals surface area contributed by atoms with Crippen molar-refractivity contribution in [3.63, 3.8) is 0 Å². The maximum Gasteiger partial charge on any atom is 0.0639 e. The fraction of sp³-hybridized carbons (Fsp3) is 1.00. The van der Waals surface area contributed by atoms with Gasteiger partial charge in [-0.3, -0.25) is 14.7 Å². The Labute approximate surface area is 117 Å². The maximum atomic E-state index is 9.59. The molecule has 2 atom stereocenters. The molecule has 5 heteroatoms. The van der Waals surface area contributed by atoms with E-state index in [1.165, 1.54) is 0 Å². The second-order valence-corrected chi connectivity index (χ2v) is 6.12. The van der Waals surface area contributed by atoms with Gasteiger partial charge in [-0.1, -0.05) is 0 Å². The van der Waals surface area contributed by atoms with Gasteiger partial charge in [0.15, 0.2) is 0 Å². The number of rotatable bonds is 5. The quantitative estimate of drug-likeness (QED) is 0.740. The van der Waals surface area contributed by atoms with Crippen molar-refractivity contribution in [1.29, 1.82) is 0 Å². The molecule has 0 aromatic heterocycles. The van der Waals surface area contributed by atoms with E-state index in [1.54, 1.807) is 0 Å². The van der Waals surface area contributed by atoms with Gasteiger partial charge in [0.1, 0.15) is 0 Å². The molecule has 0 amide bonds. The number of nitrogens with zero attached hydrogens (tertiary/aromatic N) is 3. The smallest absolute Gasteiger partial charge is 0.0639 e. The fourth-order valence-electron chi connectivity index (χ4n) is 2.56. The third kappa shape index (κ3) is 6.68. The lowest BCUT2D eigenvalue weighted by atomic mass is 10.2. The molecule has 0 radical (unpaired) electrons. The molecule has 0 bridgehead atoms. The van der Waals surface area contributed by atoms with Crippen molar-refractivity contribution < 1.29 is 10.2 Å². The van der Waals surface area contributed by atoms with Gasteiger partial charge in [-0.25, -0.2) is 0 Å². The van der Waals surface area contributed by atoms with E-state index in [0.29, 0.717) is 12.6 Å². The Kier molecular flexibility index (Phi) is 7.25. The highest BCUT2D eigenvalue weighted by atomic mass is 16.3. The first-order chi connectivity index (χ1) is 8.88. The summed E-state index contributed by atoms with van der Waals surface area (Å²) in [7, 11) is 0. The van der Waals surface area contributed by atoms with Crippen molar-refractivity contribution in [2.24, 2.45) is 0 Å². The molecule has 1 rings (SSSR count). The molecule has 0 spiro atoms. The third-order valence-corrected chi connectivity index (χ3v) is 3.59. The second-order valence-electron chi connectivity index (χ2n) is 6.12. The first kappa shape index (κ1) is 16.9.